The molecular formula is C20H21N5O4. The number of hydrogen-bond donors (Lipinski definition) is 2. The van der Waals surface area contributed by atoms with E-state index in [1.54, 1.807) is 18.5 Å². The SMILES string of the molecule is COc1cc(CN2CCc3nc(-c4cncnc4)[nH]c(=O)c3C2)cc(O)c1OC. The average Bonchev–Trinajstić information content (AvgIpc) is 2.74. The smallest absolute Gasteiger partial charge is 0.255 e. The van der Waals surface area contributed by atoms with Crippen LogP contribution in [0.1, 0.15) is 16.8 Å². The van der Waals surface area contributed by atoms with Gasteiger partial charge in [-0.05, 0) is 17.7 Å². The lowest BCUT2D eigenvalue weighted by Crippen LogP contribution is -2.35. The van der Waals surface area contributed by atoms with Gasteiger partial charge in [-0.2, -0.15) is 0 Å². The van der Waals surface area contributed by atoms with Crippen molar-refractivity contribution in [3.8, 4) is 28.6 Å². The second-order valence-corrected chi connectivity index (χ2v) is 6.78. The zero-order valence-electron chi connectivity index (χ0n) is 16.2. The van der Waals surface area contributed by atoms with Gasteiger partial charge in [0.1, 0.15) is 12.2 Å². The van der Waals surface area contributed by atoms with Crippen molar-refractivity contribution in [2.45, 2.75) is 19.5 Å². The number of H-pyrrole nitrogens is 1. The Kier molecular flexibility index (Phi) is 5.13. The molecule has 1 aromatic carbocycles. The fourth-order valence-electron chi connectivity index (χ4n) is 3.52. The fourth-order valence-corrected chi connectivity index (χ4v) is 3.52. The number of benzene rings is 1. The highest BCUT2D eigenvalue weighted by atomic mass is 16.5. The Morgan fingerprint density at radius 1 is 1.21 bits per heavy atom. The van der Waals surface area contributed by atoms with Crippen molar-refractivity contribution >= 4 is 0 Å². The summed E-state index contributed by atoms with van der Waals surface area (Å²) in [6, 6.07) is 3.48. The lowest BCUT2D eigenvalue weighted by molar-refractivity contribution is 0.240. The summed E-state index contributed by atoms with van der Waals surface area (Å²) in [5.41, 5.74) is 2.83. The van der Waals surface area contributed by atoms with Gasteiger partial charge in [0.15, 0.2) is 11.5 Å². The summed E-state index contributed by atoms with van der Waals surface area (Å²) in [5, 5.41) is 10.2. The van der Waals surface area contributed by atoms with Gasteiger partial charge in [-0.3, -0.25) is 9.69 Å². The minimum atomic E-state index is -0.159. The van der Waals surface area contributed by atoms with E-state index in [1.165, 1.54) is 20.5 Å². The highest BCUT2D eigenvalue weighted by Gasteiger charge is 2.22. The van der Waals surface area contributed by atoms with Crippen LogP contribution in [0.25, 0.3) is 11.4 Å². The highest BCUT2D eigenvalue weighted by molar-refractivity contribution is 5.53. The molecule has 29 heavy (non-hydrogen) atoms. The molecule has 1 aliphatic rings. The number of rotatable bonds is 5. The van der Waals surface area contributed by atoms with E-state index in [-0.39, 0.29) is 11.3 Å². The average molecular weight is 395 g/mol. The molecule has 0 saturated carbocycles. The zero-order chi connectivity index (χ0) is 20.4. The first-order chi connectivity index (χ1) is 14.1. The topological polar surface area (TPSA) is 113 Å². The standard InChI is InChI=1S/C20H21N5O4/c1-28-17-6-12(5-16(26)18(17)29-2)9-25-4-3-15-14(10-25)20(27)24-19(23-15)13-7-21-11-22-8-13/h5-8,11,26H,3-4,9-10H2,1-2H3,(H,23,24,27). The molecule has 2 aromatic heterocycles. The Morgan fingerprint density at radius 2 is 2.00 bits per heavy atom. The number of nitrogens with one attached hydrogen (secondary N) is 1. The van der Waals surface area contributed by atoms with Gasteiger partial charge < -0.3 is 19.6 Å². The molecule has 3 heterocycles. The van der Waals surface area contributed by atoms with Crippen LogP contribution < -0.4 is 15.0 Å². The molecule has 1 aliphatic heterocycles. The molecule has 0 bridgehead atoms. The van der Waals surface area contributed by atoms with E-state index in [0.29, 0.717) is 48.0 Å². The molecule has 2 N–H and O–H groups in total. The van der Waals surface area contributed by atoms with Gasteiger partial charge in [-0.25, -0.2) is 15.0 Å². The predicted octanol–water partition coefficient (Wildman–Crippen LogP) is 1.51. The maximum Gasteiger partial charge on any atom is 0.255 e. The summed E-state index contributed by atoms with van der Waals surface area (Å²) in [4.78, 5) is 30.2. The minimum Gasteiger partial charge on any atom is -0.504 e. The van der Waals surface area contributed by atoms with Crippen LogP contribution in [-0.4, -0.2) is 50.7 Å². The van der Waals surface area contributed by atoms with Crippen LogP contribution in [0.3, 0.4) is 0 Å². The summed E-state index contributed by atoms with van der Waals surface area (Å²) in [6.07, 6.45) is 5.33. The number of ether oxygens (including phenoxy) is 2. The molecule has 0 spiro atoms. The lowest BCUT2D eigenvalue weighted by atomic mass is 10.1. The molecule has 0 atom stereocenters. The number of nitrogens with zero attached hydrogens (tertiary/aromatic N) is 4. The van der Waals surface area contributed by atoms with E-state index in [2.05, 4.69) is 24.8 Å². The second-order valence-electron chi connectivity index (χ2n) is 6.78. The van der Waals surface area contributed by atoms with Crippen LogP contribution in [0, 0.1) is 0 Å². The summed E-state index contributed by atoms with van der Waals surface area (Å²) >= 11 is 0. The van der Waals surface area contributed by atoms with E-state index in [1.807, 2.05) is 6.07 Å². The van der Waals surface area contributed by atoms with Crippen molar-refractivity contribution in [3.63, 3.8) is 0 Å². The maximum atomic E-state index is 12.7. The lowest BCUT2D eigenvalue weighted by Gasteiger charge is -2.28. The number of hydrogen-bond acceptors (Lipinski definition) is 8. The van der Waals surface area contributed by atoms with Gasteiger partial charge in [0.25, 0.3) is 5.56 Å². The van der Waals surface area contributed by atoms with Crippen LogP contribution in [0.2, 0.25) is 0 Å². The molecule has 150 valence electrons. The molecule has 9 heteroatoms. The van der Waals surface area contributed by atoms with E-state index < -0.39 is 0 Å². The van der Waals surface area contributed by atoms with E-state index in [9.17, 15) is 9.90 Å². The van der Waals surface area contributed by atoms with Gasteiger partial charge in [0.05, 0.1) is 31.0 Å². The first-order valence-corrected chi connectivity index (χ1v) is 9.12. The molecule has 0 fully saturated rings. The molecule has 0 aliphatic carbocycles. The molecular weight excluding hydrogens is 374 g/mol. The minimum absolute atomic E-state index is 0.0218. The predicted molar refractivity (Wildman–Crippen MR) is 105 cm³/mol. The van der Waals surface area contributed by atoms with Crippen molar-refractivity contribution in [1.29, 1.82) is 0 Å². The molecule has 9 nitrogen and oxygen atoms in total. The van der Waals surface area contributed by atoms with Crippen LogP contribution >= 0.6 is 0 Å². The Labute approximate surface area is 167 Å². The second kappa shape index (κ2) is 7.88. The van der Waals surface area contributed by atoms with E-state index in [0.717, 1.165) is 17.8 Å². The van der Waals surface area contributed by atoms with Gasteiger partial charge in [-0.1, -0.05) is 0 Å². The van der Waals surface area contributed by atoms with Gasteiger partial charge >= 0.3 is 0 Å². The fraction of sp³-hybridized carbons (Fsp3) is 0.300. The number of aromatic hydroxyl groups is 1. The quantitative estimate of drug-likeness (QED) is 0.668. The van der Waals surface area contributed by atoms with Crippen LogP contribution in [0.15, 0.2) is 35.6 Å². The van der Waals surface area contributed by atoms with E-state index in [4.69, 9.17) is 9.47 Å². The van der Waals surface area contributed by atoms with Crippen LogP contribution in [0.4, 0.5) is 0 Å². The Bertz CT molecular complexity index is 1080. The Hall–Kier alpha value is -3.46. The van der Waals surface area contributed by atoms with Gasteiger partial charge in [0, 0.05) is 38.4 Å². The molecule has 0 radical (unpaired) electrons. The third-order valence-corrected chi connectivity index (χ3v) is 4.91. The normalized spacial score (nSPS) is 13.7. The highest BCUT2D eigenvalue weighted by Crippen LogP contribution is 2.37. The summed E-state index contributed by atoms with van der Waals surface area (Å²) < 4.78 is 10.5. The third kappa shape index (κ3) is 3.77. The molecule has 0 unspecified atom stereocenters. The number of aromatic nitrogens is 4. The largest absolute Gasteiger partial charge is 0.504 e. The number of phenolic OH excluding ortho intramolecular Hbond substituents is 1. The molecule has 3 aromatic rings. The number of methoxy groups -OCH3 is 2. The van der Waals surface area contributed by atoms with Crippen molar-refractivity contribution < 1.29 is 14.6 Å². The van der Waals surface area contributed by atoms with Crippen molar-refractivity contribution in [1.82, 2.24) is 24.8 Å². The molecule has 4 rings (SSSR count). The first kappa shape index (κ1) is 18.9. The number of aromatic amines is 1. The van der Waals surface area contributed by atoms with Crippen LogP contribution in [-0.2, 0) is 19.5 Å². The van der Waals surface area contributed by atoms with Crippen LogP contribution in [0.5, 0.6) is 17.2 Å². The Balaban J connectivity index is 1.57. The van der Waals surface area contributed by atoms with E-state index >= 15 is 0 Å². The summed E-state index contributed by atoms with van der Waals surface area (Å²) in [6.45, 7) is 1.77. The number of fused-ring (bicyclic) bond motifs is 1. The third-order valence-electron chi connectivity index (χ3n) is 4.91. The van der Waals surface area contributed by atoms with Crippen molar-refractivity contribution in [2.24, 2.45) is 0 Å². The summed E-state index contributed by atoms with van der Waals surface area (Å²) in [7, 11) is 3.01. The van der Waals surface area contributed by atoms with Crippen molar-refractivity contribution in [3.05, 3.63) is 58.0 Å². The zero-order valence-corrected chi connectivity index (χ0v) is 16.2. The Morgan fingerprint density at radius 3 is 2.72 bits per heavy atom. The van der Waals surface area contributed by atoms with Gasteiger partial charge in [-0.15, -0.1) is 0 Å². The van der Waals surface area contributed by atoms with Gasteiger partial charge in [0.2, 0.25) is 5.75 Å². The monoisotopic (exact) mass is 395 g/mol. The molecule has 0 saturated heterocycles. The maximum absolute atomic E-state index is 12.7. The summed E-state index contributed by atoms with van der Waals surface area (Å²) in [5.74, 6) is 1.27. The molecule has 0 amide bonds. The van der Waals surface area contributed by atoms with Crippen molar-refractivity contribution in [2.75, 3.05) is 20.8 Å². The first-order valence-electron chi connectivity index (χ1n) is 9.12. The number of phenols is 1.